The molecule has 0 aromatic heterocycles. The van der Waals surface area contributed by atoms with Gasteiger partial charge < -0.3 is 14.6 Å². The van der Waals surface area contributed by atoms with E-state index in [1.165, 1.54) is 6.07 Å². The lowest BCUT2D eigenvalue weighted by molar-refractivity contribution is 0.0694. The number of carboxylic acids is 1. The quantitative estimate of drug-likeness (QED) is 0.585. The maximum Gasteiger partial charge on any atom is 0.336 e. The molecule has 0 amide bonds. The second kappa shape index (κ2) is 8.17. The third kappa shape index (κ3) is 5.11. The Hall–Kier alpha value is -1.79. The molecule has 1 aromatic carbocycles. The summed E-state index contributed by atoms with van der Waals surface area (Å²) in [7, 11) is 0. The standard InChI is InChI=1S/C10H10O4.C7H18N2/c1-6-7(10(11)12)2-3-8-9(6)14-5-4-13-8;1-5-6(9-8)7(2,3)4/h2-3H,4-5H2,1H3,(H,11,12);6,9H,5,8H2,1-4H3. The predicted molar refractivity (Wildman–Crippen MR) is 90.0 cm³/mol. The molecule has 0 radical (unpaired) electrons. The third-order valence-corrected chi connectivity index (χ3v) is 3.84. The Kier molecular flexibility index (Phi) is 6.84. The number of rotatable bonds is 3. The first-order chi connectivity index (χ1) is 10.7. The van der Waals surface area contributed by atoms with Crippen molar-refractivity contribution in [2.24, 2.45) is 11.3 Å². The van der Waals surface area contributed by atoms with Gasteiger partial charge in [-0.15, -0.1) is 0 Å². The number of aromatic carboxylic acids is 1. The van der Waals surface area contributed by atoms with E-state index in [1.807, 2.05) is 0 Å². The van der Waals surface area contributed by atoms with Crippen LogP contribution in [-0.4, -0.2) is 30.3 Å². The van der Waals surface area contributed by atoms with Crippen LogP contribution in [0.1, 0.15) is 50.0 Å². The van der Waals surface area contributed by atoms with E-state index in [-0.39, 0.29) is 11.0 Å². The monoisotopic (exact) mass is 324 g/mol. The topological polar surface area (TPSA) is 93.8 Å². The molecule has 1 aliphatic rings. The lowest BCUT2D eigenvalue weighted by Gasteiger charge is -2.28. The highest BCUT2D eigenvalue weighted by molar-refractivity contribution is 5.90. The minimum Gasteiger partial charge on any atom is -0.486 e. The van der Waals surface area contributed by atoms with Gasteiger partial charge in [0.25, 0.3) is 0 Å². The molecule has 4 N–H and O–H groups in total. The van der Waals surface area contributed by atoms with Gasteiger partial charge in [0.15, 0.2) is 11.5 Å². The Morgan fingerprint density at radius 1 is 1.35 bits per heavy atom. The number of carboxylic acid groups (broad SMARTS) is 1. The zero-order valence-corrected chi connectivity index (χ0v) is 14.6. The minimum atomic E-state index is -0.945. The second-order valence-electron chi connectivity index (χ2n) is 6.56. The third-order valence-electron chi connectivity index (χ3n) is 3.84. The number of nitrogens with two attached hydrogens (primary N) is 1. The maximum absolute atomic E-state index is 10.8. The van der Waals surface area contributed by atoms with Crippen molar-refractivity contribution in [2.45, 2.75) is 47.1 Å². The molecule has 1 aliphatic heterocycles. The molecule has 0 spiro atoms. The Bertz CT molecular complexity index is 534. The maximum atomic E-state index is 10.8. The summed E-state index contributed by atoms with van der Waals surface area (Å²) >= 11 is 0. The number of hydrogen-bond donors (Lipinski definition) is 3. The molecule has 0 saturated carbocycles. The SMILES string of the molecule is CCC(NN)C(C)(C)C.Cc1c(C(=O)O)ccc2c1OCCO2. The lowest BCUT2D eigenvalue weighted by atomic mass is 9.86. The fourth-order valence-electron chi connectivity index (χ4n) is 2.47. The summed E-state index contributed by atoms with van der Waals surface area (Å²) in [6.45, 7) is 11.4. The van der Waals surface area contributed by atoms with Gasteiger partial charge >= 0.3 is 5.97 Å². The highest BCUT2D eigenvalue weighted by atomic mass is 16.6. The van der Waals surface area contributed by atoms with E-state index in [1.54, 1.807) is 13.0 Å². The predicted octanol–water partition coefficient (Wildman–Crippen LogP) is 2.74. The number of ether oxygens (including phenoxy) is 2. The number of fused-ring (bicyclic) bond motifs is 1. The van der Waals surface area contributed by atoms with E-state index in [0.717, 1.165) is 6.42 Å². The number of hydrazine groups is 1. The van der Waals surface area contributed by atoms with Gasteiger partial charge in [-0.3, -0.25) is 11.3 Å². The van der Waals surface area contributed by atoms with Crippen LogP contribution in [0.4, 0.5) is 0 Å². The minimum absolute atomic E-state index is 0.259. The van der Waals surface area contributed by atoms with Crippen molar-refractivity contribution >= 4 is 5.97 Å². The van der Waals surface area contributed by atoms with Crippen molar-refractivity contribution in [3.63, 3.8) is 0 Å². The molecule has 6 nitrogen and oxygen atoms in total. The van der Waals surface area contributed by atoms with Gasteiger partial charge in [0, 0.05) is 11.6 Å². The summed E-state index contributed by atoms with van der Waals surface area (Å²) in [5, 5.41) is 8.87. The lowest BCUT2D eigenvalue weighted by Crippen LogP contribution is -2.43. The molecule has 1 heterocycles. The van der Waals surface area contributed by atoms with Crippen LogP contribution < -0.4 is 20.7 Å². The number of benzene rings is 1. The molecule has 23 heavy (non-hydrogen) atoms. The largest absolute Gasteiger partial charge is 0.486 e. The zero-order chi connectivity index (χ0) is 17.6. The van der Waals surface area contributed by atoms with Gasteiger partial charge in [0.2, 0.25) is 0 Å². The van der Waals surface area contributed by atoms with Crippen molar-refractivity contribution in [3.8, 4) is 11.5 Å². The van der Waals surface area contributed by atoms with E-state index in [4.69, 9.17) is 20.4 Å². The Morgan fingerprint density at radius 2 is 1.96 bits per heavy atom. The summed E-state index contributed by atoms with van der Waals surface area (Å²) in [6, 6.07) is 3.59. The molecule has 130 valence electrons. The summed E-state index contributed by atoms with van der Waals surface area (Å²) in [5.41, 5.74) is 3.95. The smallest absolute Gasteiger partial charge is 0.336 e. The van der Waals surface area contributed by atoms with Crippen molar-refractivity contribution < 1.29 is 19.4 Å². The van der Waals surface area contributed by atoms with Crippen LogP contribution in [0.3, 0.4) is 0 Å². The van der Waals surface area contributed by atoms with Crippen molar-refractivity contribution in [1.29, 1.82) is 0 Å². The molecule has 1 aromatic rings. The van der Waals surface area contributed by atoms with Crippen molar-refractivity contribution in [3.05, 3.63) is 23.3 Å². The second-order valence-corrected chi connectivity index (χ2v) is 6.56. The van der Waals surface area contributed by atoms with Crippen LogP contribution in [0.25, 0.3) is 0 Å². The molecule has 0 saturated heterocycles. The fourth-order valence-corrected chi connectivity index (χ4v) is 2.47. The van der Waals surface area contributed by atoms with Crippen LogP contribution in [-0.2, 0) is 0 Å². The summed E-state index contributed by atoms with van der Waals surface area (Å²) < 4.78 is 10.7. The molecule has 1 unspecified atom stereocenters. The normalized spacial score (nSPS) is 14.5. The fraction of sp³-hybridized carbons (Fsp3) is 0.588. The van der Waals surface area contributed by atoms with E-state index >= 15 is 0 Å². The van der Waals surface area contributed by atoms with Gasteiger partial charge in [0.1, 0.15) is 13.2 Å². The Balaban J connectivity index is 0.000000257. The molecular weight excluding hydrogens is 296 g/mol. The first kappa shape index (κ1) is 19.3. The number of nitrogens with one attached hydrogen (secondary N) is 1. The van der Waals surface area contributed by atoms with Gasteiger partial charge in [-0.1, -0.05) is 27.7 Å². The highest BCUT2D eigenvalue weighted by Crippen LogP contribution is 2.35. The Labute approximate surface area is 137 Å². The first-order valence-electron chi connectivity index (χ1n) is 7.81. The van der Waals surface area contributed by atoms with Crippen LogP contribution in [0, 0.1) is 12.3 Å². The number of hydrogen-bond acceptors (Lipinski definition) is 5. The van der Waals surface area contributed by atoms with E-state index < -0.39 is 5.97 Å². The van der Waals surface area contributed by atoms with Gasteiger partial charge in [-0.25, -0.2) is 4.79 Å². The zero-order valence-electron chi connectivity index (χ0n) is 14.6. The van der Waals surface area contributed by atoms with Gasteiger partial charge in [-0.05, 0) is 30.9 Å². The summed E-state index contributed by atoms with van der Waals surface area (Å²) in [4.78, 5) is 10.8. The van der Waals surface area contributed by atoms with E-state index in [2.05, 4.69) is 33.1 Å². The average Bonchev–Trinajstić information content (AvgIpc) is 2.48. The number of carbonyl (C=O) groups is 1. The van der Waals surface area contributed by atoms with Gasteiger partial charge in [0.05, 0.1) is 5.56 Å². The van der Waals surface area contributed by atoms with E-state index in [0.29, 0.717) is 36.3 Å². The van der Waals surface area contributed by atoms with Crippen molar-refractivity contribution in [2.75, 3.05) is 13.2 Å². The van der Waals surface area contributed by atoms with Crippen molar-refractivity contribution in [1.82, 2.24) is 5.43 Å². The summed E-state index contributed by atoms with van der Waals surface area (Å²) in [6.07, 6.45) is 1.08. The molecule has 1 atom stereocenters. The van der Waals surface area contributed by atoms with Crippen LogP contribution >= 0.6 is 0 Å². The summed E-state index contributed by atoms with van der Waals surface area (Å²) in [5.74, 6) is 5.55. The van der Waals surface area contributed by atoms with Gasteiger partial charge in [-0.2, -0.15) is 0 Å². The van der Waals surface area contributed by atoms with Crippen LogP contribution in [0.15, 0.2) is 12.1 Å². The molecule has 0 aliphatic carbocycles. The molecule has 0 bridgehead atoms. The van der Waals surface area contributed by atoms with E-state index in [9.17, 15) is 4.79 Å². The molecule has 2 rings (SSSR count). The molecule has 0 fully saturated rings. The molecular formula is C17H28N2O4. The first-order valence-corrected chi connectivity index (χ1v) is 7.81. The molecule has 6 heteroatoms. The van der Waals surface area contributed by atoms with Crippen LogP contribution in [0.2, 0.25) is 0 Å². The van der Waals surface area contributed by atoms with Crippen LogP contribution in [0.5, 0.6) is 11.5 Å². The average molecular weight is 324 g/mol. The Morgan fingerprint density at radius 3 is 2.39 bits per heavy atom. The highest BCUT2D eigenvalue weighted by Gasteiger charge is 2.21.